The molecule has 1 rings (SSSR count). The average Bonchev–Trinajstić information content (AvgIpc) is 2.64. The number of hydrogen-bond acceptors (Lipinski definition) is 4. The third-order valence-corrected chi connectivity index (χ3v) is 1.96. The Bertz CT molecular complexity index is 392. The van der Waals surface area contributed by atoms with Crippen LogP contribution in [0, 0.1) is 0 Å². The Morgan fingerprint density at radius 1 is 1.56 bits per heavy atom. The highest BCUT2D eigenvalue weighted by Crippen LogP contribution is 2.24. The summed E-state index contributed by atoms with van der Waals surface area (Å²) in [5.41, 5.74) is -0.174. The summed E-state index contributed by atoms with van der Waals surface area (Å²) in [5.74, 6) is 0.959. The number of urea groups is 1. The van der Waals surface area contributed by atoms with Crippen molar-refractivity contribution in [3.8, 4) is 0 Å². The second-order valence-electron chi connectivity index (χ2n) is 4.47. The Morgan fingerprint density at radius 2 is 2.19 bits per heavy atom. The molecule has 6 nitrogen and oxygen atoms in total. The van der Waals surface area contributed by atoms with Gasteiger partial charge in [-0.15, -0.1) is 0 Å². The summed E-state index contributed by atoms with van der Waals surface area (Å²) in [4.78, 5) is 22.5. The van der Waals surface area contributed by atoms with Crippen LogP contribution in [0.2, 0.25) is 0 Å². The number of nitrogens with one attached hydrogen (secondary N) is 1. The lowest BCUT2D eigenvalue weighted by atomic mass is 9.93. The quantitative estimate of drug-likeness (QED) is 0.775. The van der Waals surface area contributed by atoms with Crippen molar-refractivity contribution in [2.75, 3.05) is 12.4 Å². The summed E-state index contributed by atoms with van der Waals surface area (Å²) in [6.07, 6.45) is 0.417. The number of hydrogen-bond donors (Lipinski definition) is 1. The first-order valence-electron chi connectivity index (χ1n) is 4.81. The zero-order valence-corrected chi connectivity index (χ0v) is 9.77. The Hall–Kier alpha value is -1.85. The van der Waals surface area contributed by atoms with Crippen LogP contribution in [-0.2, 0) is 10.2 Å². The molecule has 3 amide bonds. The summed E-state index contributed by atoms with van der Waals surface area (Å²) in [6, 6.07) is 1.08. The number of amides is 3. The van der Waals surface area contributed by atoms with Crippen LogP contribution in [0.1, 0.15) is 26.5 Å². The molecule has 0 atom stereocenters. The number of rotatable bonds is 2. The molecule has 1 aromatic rings. The average molecular weight is 225 g/mol. The second-order valence-corrected chi connectivity index (χ2v) is 4.47. The molecule has 0 spiro atoms. The molecule has 0 fully saturated rings. The predicted octanol–water partition coefficient (Wildman–Crippen LogP) is 1.59. The highest BCUT2D eigenvalue weighted by molar-refractivity contribution is 5.94. The molecule has 0 aliphatic carbocycles. The minimum atomic E-state index is -0.552. The summed E-state index contributed by atoms with van der Waals surface area (Å²) >= 11 is 0. The van der Waals surface area contributed by atoms with Crippen LogP contribution >= 0.6 is 0 Å². The van der Waals surface area contributed by atoms with Gasteiger partial charge in [-0.25, -0.2) is 4.79 Å². The number of anilines is 1. The van der Waals surface area contributed by atoms with Crippen LogP contribution < -0.4 is 5.32 Å². The van der Waals surface area contributed by atoms with Crippen LogP contribution in [-0.4, -0.2) is 29.5 Å². The van der Waals surface area contributed by atoms with E-state index in [2.05, 4.69) is 10.5 Å². The Labute approximate surface area is 93.6 Å². The van der Waals surface area contributed by atoms with E-state index in [9.17, 15) is 9.59 Å². The molecule has 6 heteroatoms. The van der Waals surface area contributed by atoms with E-state index in [0.29, 0.717) is 18.0 Å². The summed E-state index contributed by atoms with van der Waals surface area (Å²) < 4.78 is 5.07. The molecule has 0 aromatic carbocycles. The van der Waals surface area contributed by atoms with E-state index in [1.54, 1.807) is 6.07 Å². The molecule has 16 heavy (non-hydrogen) atoms. The fourth-order valence-corrected chi connectivity index (χ4v) is 0.933. The lowest BCUT2D eigenvalue weighted by molar-refractivity contribution is -0.114. The summed E-state index contributed by atoms with van der Waals surface area (Å²) in [7, 11) is 1.35. The molecular formula is C10H15N3O3. The Kier molecular flexibility index (Phi) is 3.31. The molecule has 88 valence electrons. The van der Waals surface area contributed by atoms with Gasteiger partial charge in [0, 0.05) is 18.5 Å². The zero-order valence-electron chi connectivity index (χ0n) is 9.77. The predicted molar refractivity (Wildman–Crippen MR) is 58.0 cm³/mol. The van der Waals surface area contributed by atoms with Crippen LogP contribution in [0.4, 0.5) is 10.6 Å². The Balaban J connectivity index is 2.73. The van der Waals surface area contributed by atoms with Crippen molar-refractivity contribution in [2.24, 2.45) is 0 Å². The molecule has 0 bridgehead atoms. The molecule has 0 saturated heterocycles. The van der Waals surface area contributed by atoms with Gasteiger partial charge in [-0.2, -0.15) is 0 Å². The van der Waals surface area contributed by atoms with Crippen molar-refractivity contribution in [2.45, 2.75) is 26.2 Å². The number of imide groups is 1. The molecule has 0 saturated carbocycles. The number of carbonyl (C=O) groups is 2. The monoisotopic (exact) mass is 225 g/mol. The van der Waals surface area contributed by atoms with Crippen LogP contribution in [0.25, 0.3) is 0 Å². The van der Waals surface area contributed by atoms with Gasteiger partial charge in [0.15, 0.2) is 5.82 Å². The first-order valence-corrected chi connectivity index (χ1v) is 4.81. The second kappa shape index (κ2) is 4.34. The molecule has 1 N–H and O–H groups in total. The van der Waals surface area contributed by atoms with Gasteiger partial charge in [-0.1, -0.05) is 25.9 Å². The minimum Gasteiger partial charge on any atom is -0.359 e. The lowest BCUT2D eigenvalue weighted by Crippen LogP contribution is -2.29. The first kappa shape index (κ1) is 12.2. The number of aromatic nitrogens is 1. The summed E-state index contributed by atoms with van der Waals surface area (Å²) in [5, 5.41) is 6.13. The normalized spacial score (nSPS) is 11.0. The number of nitrogens with zero attached hydrogens (tertiary/aromatic N) is 2. The van der Waals surface area contributed by atoms with E-state index in [-0.39, 0.29) is 5.41 Å². The zero-order chi connectivity index (χ0) is 12.3. The van der Waals surface area contributed by atoms with E-state index >= 15 is 0 Å². The van der Waals surface area contributed by atoms with Gasteiger partial charge in [-0.05, 0) is 0 Å². The molecule has 1 aromatic heterocycles. The van der Waals surface area contributed by atoms with Gasteiger partial charge in [0.1, 0.15) is 5.76 Å². The standard InChI is InChI=1S/C10H15N3O3/c1-10(2,3)7-5-8(12-16-7)11-9(15)13(4)6-14/h5-6H,1-4H3,(H,11,12,15). The summed E-state index contributed by atoms with van der Waals surface area (Å²) in [6.45, 7) is 5.91. The fraction of sp³-hybridized carbons (Fsp3) is 0.500. The highest BCUT2D eigenvalue weighted by atomic mass is 16.5. The lowest BCUT2D eigenvalue weighted by Gasteiger charge is -2.12. The van der Waals surface area contributed by atoms with Crippen molar-refractivity contribution in [3.05, 3.63) is 11.8 Å². The van der Waals surface area contributed by atoms with Crippen molar-refractivity contribution < 1.29 is 14.1 Å². The maximum Gasteiger partial charge on any atom is 0.329 e. The third-order valence-electron chi connectivity index (χ3n) is 1.96. The van der Waals surface area contributed by atoms with Gasteiger partial charge >= 0.3 is 6.03 Å². The highest BCUT2D eigenvalue weighted by Gasteiger charge is 2.20. The maximum absolute atomic E-state index is 11.3. The van der Waals surface area contributed by atoms with E-state index in [1.165, 1.54) is 7.05 Å². The van der Waals surface area contributed by atoms with Crippen molar-refractivity contribution in [1.29, 1.82) is 0 Å². The van der Waals surface area contributed by atoms with Crippen LogP contribution in [0.15, 0.2) is 10.6 Å². The van der Waals surface area contributed by atoms with E-state index in [0.717, 1.165) is 4.90 Å². The number of carbonyl (C=O) groups excluding carboxylic acids is 2. The molecule has 1 heterocycles. The topological polar surface area (TPSA) is 75.4 Å². The van der Waals surface area contributed by atoms with E-state index < -0.39 is 6.03 Å². The van der Waals surface area contributed by atoms with Gasteiger partial charge in [0.05, 0.1) is 0 Å². The minimum absolute atomic E-state index is 0.174. The molecule has 0 unspecified atom stereocenters. The molecule has 0 aliphatic rings. The third kappa shape index (κ3) is 2.82. The maximum atomic E-state index is 11.3. The van der Waals surface area contributed by atoms with Crippen LogP contribution in [0.5, 0.6) is 0 Å². The Morgan fingerprint density at radius 3 is 2.62 bits per heavy atom. The van der Waals surface area contributed by atoms with Gasteiger partial charge in [0.25, 0.3) is 0 Å². The van der Waals surface area contributed by atoms with Crippen LogP contribution in [0.3, 0.4) is 0 Å². The van der Waals surface area contributed by atoms with Gasteiger partial charge < -0.3 is 4.52 Å². The van der Waals surface area contributed by atoms with Crippen molar-refractivity contribution >= 4 is 18.3 Å². The van der Waals surface area contributed by atoms with Crippen molar-refractivity contribution in [1.82, 2.24) is 10.1 Å². The SMILES string of the molecule is CN(C=O)C(=O)Nc1cc(C(C)(C)C)on1. The fourth-order valence-electron chi connectivity index (χ4n) is 0.933. The molecular weight excluding hydrogens is 210 g/mol. The van der Waals surface area contributed by atoms with E-state index in [1.807, 2.05) is 20.8 Å². The first-order chi connectivity index (χ1) is 7.34. The van der Waals surface area contributed by atoms with Crippen molar-refractivity contribution in [3.63, 3.8) is 0 Å². The largest absolute Gasteiger partial charge is 0.359 e. The van der Waals surface area contributed by atoms with Gasteiger partial charge in [-0.3, -0.25) is 15.0 Å². The molecule has 0 radical (unpaired) electrons. The smallest absolute Gasteiger partial charge is 0.329 e. The van der Waals surface area contributed by atoms with Gasteiger partial charge in [0.2, 0.25) is 6.41 Å². The molecule has 0 aliphatic heterocycles. The van der Waals surface area contributed by atoms with E-state index in [4.69, 9.17) is 4.52 Å².